The summed E-state index contributed by atoms with van der Waals surface area (Å²) in [5, 5.41) is 5.45. The van der Waals surface area contributed by atoms with Crippen LogP contribution in [0.1, 0.15) is 46.6 Å². The highest BCUT2D eigenvalue weighted by Gasteiger charge is 2.25. The van der Waals surface area contributed by atoms with Gasteiger partial charge in [-0.25, -0.2) is 8.78 Å². The van der Waals surface area contributed by atoms with Crippen molar-refractivity contribution in [2.45, 2.75) is 31.7 Å². The van der Waals surface area contributed by atoms with E-state index in [1.807, 2.05) is 0 Å². The van der Waals surface area contributed by atoms with Crippen LogP contribution in [-0.2, 0) is 4.79 Å². The Balaban J connectivity index is 1.32. The van der Waals surface area contributed by atoms with Crippen LogP contribution in [0.5, 0.6) is 0 Å². The van der Waals surface area contributed by atoms with Crippen LogP contribution in [0.4, 0.5) is 8.78 Å². The smallest absolute Gasteiger partial charge is 0.289 e. The van der Waals surface area contributed by atoms with Gasteiger partial charge in [-0.3, -0.25) is 14.4 Å². The van der Waals surface area contributed by atoms with Crippen molar-refractivity contribution in [3.63, 3.8) is 0 Å². The summed E-state index contributed by atoms with van der Waals surface area (Å²) in [6.45, 7) is 1.26. The maximum Gasteiger partial charge on any atom is 0.289 e. The second-order valence-electron chi connectivity index (χ2n) is 7.09. The Hall–Kier alpha value is -3.23. The quantitative estimate of drug-likeness (QED) is 0.675. The second-order valence-corrected chi connectivity index (χ2v) is 7.09. The Morgan fingerprint density at radius 1 is 1.13 bits per heavy atom. The Kier molecular flexibility index (Phi) is 7.16. The van der Waals surface area contributed by atoms with Gasteiger partial charge in [0.1, 0.15) is 11.6 Å². The van der Waals surface area contributed by atoms with Crippen LogP contribution >= 0.6 is 0 Å². The lowest BCUT2D eigenvalue weighted by Gasteiger charge is -2.31. The number of hydrogen-bond donors (Lipinski definition) is 2. The van der Waals surface area contributed by atoms with E-state index in [9.17, 15) is 23.2 Å². The normalized spacial score (nSPS) is 14.4. The van der Waals surface area contributed by atoms with Crippen LogP contribution < -0.4 is 10.6 Å². The van der Waals surface area contributed by atoms with Crippen molar-refractivity contribution in [1.29, 1.82) is 0 Å². The molecule has 30 heavy (non-hydrogen) atoms. The molecule has 9 heteroatoms. The second kappa shape index (κ2) is 10.00. The van der Waals surface area contributed by atoms with Crippen molar-refractivity contribution in [2.75, 3.05) is 19.6 Å². The third-order valence-electron chi connectivity index (χ3n) is 4.92. The van der Waals surface area contributed by atoms with Crippen LogP contribution in [0.3, 0.4) is 0 Å². The highest BCUT2D eigenvalue weighted by molar-refractivity contribution is 5.94. The van der Waals surface area contributed by atoms with Crippen molar-refractivity contribution in [3.05, 3.63) is 59.6 Å². The number of furan rings is 1. The summed E-state index contributed by atoms with van der Waals surface area (Å²) in [5.74, 6) is -2.33. The molecule has 2 heterocycles. The highest BCUT2D eigenvalue weighted by Crippen LogP contribution is 2.15. The standard InChI is InChI=1S/C21H23F2N3O4/c22-14-5-6-16(17(23)13-14)20(28)24-9-1-4-19(27)25-15-7-10-26(11-8-15)21(29)18-3-2-12-30-18/h2-3,5-6,12-13,15H,1,4,7-11H2,(H,24,28)(H,25,27). The first-order valence-electron chi connectivity index (χ1n) is 9.79. The van der Waals surface area contributed by atoms with Crippen molar-refractivity contribution in [2.24, 2.45) is 0 Å². The van der Waals surface area contributed by atoms with E-state index in [0.717, 1.165) is 12.1 Å². The highest BCUT2D eigenvalue weighted by atomic mass is 19.1. The third kappa shape index (κ3) is 5.65. The summed E-state index contributed by atoms with van der Waals surface area (Å²) >= 11 is 0. The molecule has 0 atom stereocenters. The first-order chi connectivity index (χ1) is 14.4. The zero-order valence-corrected chi connectivity index (χ0v) is 16.3. The van der Waals surface area contributed by atoms with E-state index in [1.54, 1.807) is 17.0 Å². The first kappa shape index (κ1) is 21.5. The van der Waals surface area contributed by atoms with Gasteiger partial charge in [-0.05, 0) is 43.5 Å². The third-order valence-corrected chi connectivity index (χ3v) is 4.92. The molecule has 0 aliphatic carbocycles. The number of benzene rings is 1. The summed E-state index contributed by atoms with van der Waals surface area (Å²) in [6.07, 6.45) is 3.35. The summed E-state index contributed by atoms with van der Waals surface area (Å²) in [4.78, 5) is 37.9. The number of nitrogens with zero attached hydrogens (tertiary/aromatic N) is 1. The van der Waals surface area contributed by atoms with E-state index < -0.39 is 17.5 Å². The van der Waals surface area contributed by atoms with Gasteiger partial charge in [-0.15, -0.1) is 0 Å². The molecule has 3 amide bonds. The maximum absolute atomic E-state index is 13.6. The molecule has 1 fully saturated rings. The molecule has 0 unspecified atom stereocenters. The van der Waals surface area contributed by atoms with E-state index in [1.165, 1.54) is 6.26 Å². The van der Waals surface area contributed by atoms with Crippen molar-refractivity contribution in [3.8, 4) is 0 Å². The molecule has 1 saturated heterocycles. The lowest BCUT2D eigenvalue weighted by Crippen LogP contribution is -2.46. The Morgan fingerprint density at radius 2 is 1.90 bits per heavy atom. The molecule has 1 aliphatic rings. The predicted molar refractivity (Wildman–Crippen MR) is 104 cm³/mol. The fraction of sp³-hybridized carbons (Fsp3) is 0.381. The lowest BCUT2D eigenvalue weighted by molar-refractivity contribution is -0.122. The molecule has 7 nitrogen and oxygen atoms in total. The zero-order chi connectivity index (χ0) is 21.5. The number of amides is 3. The number of hydrogen-bond acceptors (Lipinski definition) is 4. The lowest BCUT2D eigenvalue weighted by atomic mass is 10.0. The van der Waals surface area contributed by atoms with E-state index in [4.69, 9.17) is 4.42 Å². The van der Waals surface area contributed by atoms with Crippen molar-refractivity contribution < 1.29 is 27.6 Å². The Labute approximate surface area is 172 Å². The van der Waals surface area contributed by atoms with Crippen LogP contribution in [0.15, 0.2) is 41.0 Å². The molecule has 1 aliphatic heterocycles. The molecule has 0 radical (unpaired) electrons. The summed E-state index contributed by atoms with van der Waals surface area (Å²) < 4.78 is 31.6. The van der Waals surface area contributed by atoms with Crippen LogP contribution in [-0.4, -0.2) is 48.3 Å². The van der Waals surface area contributed by atoms with Gasteiger partial charge >= 0.3 is 0 Å². The Bertz CT molecular complexity index is 894. The van der Waals surface area contributed by atoms with Crippen molar-refractivity contribution >= 4 is 17.7 Å². The van der Waals surface area contributed by atoms with Gasteiger partial charge in [0, 0.05) is 38.2 Å². The largest absolute Gasteiger partial charge is 0.459 e. The molecule has 1 aromatic carbocycles. The predicted octanol–water partition coefficient (Wildman–Crippen LogP) is 2.49. The summed E-state index contributed by atoms with van der Waals surface area (Å²) in [6, 6.07) is 6.02. The van der Waals surface area contributed by atoms with Crippen molar-refractivity contribution in [1.82, 2.24) is 15.5 Å². The minimum atomic E-state index is -0.929. The number of likely N-dealkylation sites (tertiary alicyclic amines) is 1. The minimum Gasteiger partial charge on any atom is -0.459 e. The van der Waals surface area contributed by atoms with E-state index >= 15 is 0 Å². The first-order valence-corrected chi connectivity index (χ1v) is 9.79. The molecule has 0 bridgehead atoms. The van der Waals surface area contributed by atoms with Crippen LogP contribution in [0.25, 0.3) is 0 Å². The van der Waals surface area contributed by atoms with Gasteiger partial charge < -0.3 is 20.0 Å². The number of halogens is 2. The zero-order valence-electron chi connectivity index (χ0n) is 16.3. The summed E-state index contributed by atoms with van der Waals surface area (Å²) in [7, 11) is 0. The molecule has 0 spiro atoms. The molecular formula is C21H23F2N3O4. The topological polar surface area (TPSA) is 91.7 Å². The van der Waals surface area contributed by atoms with Gasteiger partial charge in [-0.2, -0.15) is 0 Å². The van der Waals surface area contributed by atoms with E-state index in [2.05, 4.69) is 10.6 Å². The number of piperidine rings is 1. The van der Waals surface area contributed by atoms with Gasteiger partial charge in [0.15, 0.2) is 5.76 Å². The van der Waals surface area contributed by atoms with Crippen LogP contribution in [0.2, 0.25) is 0 Å². The van der Waals surface area contributed by atoms with Crippen LogP contribution in [0, 0.1) is 11.6 Å². The number of nitrogens with one attached hydrogen (secondary N) is 2. The molecule has 2 N–H and O–H groups in total. The Morgan fingerprint density at radius 3 is 2.57 bits per heavy atom. The molecule has 1 aromatic heterocycles. The average Bonchev–Trinajstić information content (AvgIpc) is 3.26. The molecule has 3 rings (SSSR count). The van der Waals surface area contributed by atoms with Gasteiger partial charge in [0.25, 0.3) is 11.8 Å². The number of rotatable bonds is 7. The van der Waals surface area contributed by atoms with Gasteiger partial charge in [0.2, 0.25) is 5.91 Å². The summed E-state index contributed by atoms with van der Waals surface area (Å²) in [5.41, 5.74) is -0.239. The molecule has 160 valence electrons. The molecule has 2 aromatic rings. The fourth-order valence-electron chi connectivity index (χ4n) is 3.30. The van der Waals surface area contributed by atoms with Gasteiger partial charge in [0.05, 0.1) is 11.8 Å². The monoisotopic (exact) mass is 419 g/mol. The van der Waals surface area contributed by atoms with Gasteiger partial charge in [-0.1, -0.05) is 0 Å². The molecular weight excluding hydrogens is 396 g/mol. The SMILES string of the molecule is O=C(CCCNC(=O)c1ccc(F)cc1F)NC1CCN(C(=O)c2ccco2)CC1. The maximum atomic E-state index is 13.6. The fourth-order valence-corrected chi connectivity index (χ4v) is 3.30. The minimum absolute atomic E-state index is 0.0129. The number of carbonyl (C=O) groups excluding carboxylic acids is 3. The number of carbonyl (C=O) groups is 3. The average molecular weight is 419 g/mol. The van der Waals surface area contributed by atoms with E-state index in [-0.39, 0.29) is 36.4 Å². The molecule has 0 saturated carbocycles. The van der Waals surface area contributed by atoms with E-state index in [0.29, 0.717) is 44.2 Å².